The van der Waals surface area contributed by atoms with Crippen LogP contribution < -0.4 is 10.6 Å². The molecule has 8 nitrogen and oxygen atoms in total. The normalized spacial score (nSPS) is 24.0. The molecule has 0 aromatic heterocycles. The van der Waals surface area contributed by atoms with Crippen LogP contribution >= 0.6 is 0 Å². The highest BCUT2D eigenvalue weighted by Gasteiger charge is 2.33. The molecule has 8 heteroatoms. The third-order valence-corrected chi connectivity index (χ3v) is 3.70. The summed E-state index contributed by atoms with van der Waals surface area (Å²) in [5, 5.41) is 5.18. The van der Waals surface area contributed by atoms with Gasteiger partial charge in [0.1, 0.15) is 6.61 Å². The predicted octanol–water partition coefficient (Wildman–Crippen LogP) is 0.617. The fraction of sp³-hybridized carbons (Fsp3) is 0.667. The maximum Gasteiger partial charge on any atom is 0.338 e. The van der Waals surface area contributed by atoms with E-state index in [4.69, 9.17) is 14.2 Å². The lowest BCUT2D eigenvalue weighted by Gasteiger charge is -2.28. The van der Waals surface area contributed by atoms with Crippen molar-refractivity contribution in [1.29, 1.82) is 0 Å². The zero-order chi connectivity index (χ0) is 16.8. The Morgan fingerprint density at radius 2 is 2.09 bits per heavy atom. The minimum absolute atomic E-state index is 0.198. The molecule has 0 aromatic rings. The molecule has 0 unspecified atom stereocenters. The third-order valence-electron chi connectivity index (χ3n) is 3.70. The van der Waals surface area contributed by atoms with Crippen molar-refractivity contribution < 1.29 is 28.6 Å². The zero-order valence-electron chi connectivity index (χ0n) is 13.3. The van der Waals surface area contributed by atoms with Crippen LogP contribution in [0.25, 0.3) is 0 Å². The molecule has 2 aliphatic heterocycles. The summed E-state index contributed by atoms with van der Waals surface area (Å²) in [6.45, 7) is 4.10. The maximum absolute atomic E-state index is 12.1. The van der Waals surface area contributed by atoms with Crippen LogP contribution in [-0.2, 0) is 23.8 Å². The topological polar surface area (TPSA) is 103 Å². The highest BCUT2D eigenvalue weighted by Crippen LogP contribution is 2.18. The number of hydrogen-bond donors (Lipinski definition) is 2. The van der Waals surface area contributed by atoms with Gasteiger partial charge in [0.25, 0.3) is 0 Å². The second-order valence-electron chi connectivity index (χ2n) is 5.28. The molecule has 0 aromatic carbocycles. The van der Waals surface area contributed by atoms with Gasteiger partial charge in [0.15, 0.2) is 6.10 Å². The fourth-order valence-electron chi connectivity index (χ4n) is 2.58. The number of rotatable bonds is 6. The summed E-state index contributed by atoms with van der Waals surface area (Å²) < 4.78 is 15.5. The molecule has 0 saturated carbocycles. The Bertz CT molecular complexity index is 510. The molecule has 1 fully saturated rings. The van der Waals surface area contributed by atoms with Crippen molar-refractivity contribution in [3.05, 3.63) is 11.3 Å². The summed E-state index contributed by atoms with van der Waals surface area (Å²) >= 11 is 0. The molecule has 2 atom stereocenters. The molecule has 2 heterocycles. The summed E-state index contributed by atoms with van der Waals surface area (Å²) in [7, 11) is 0. The fourth-order valence-corrected chi connectivity index (χ4v) is 2.58. The summed E-state index contributed by atoms with van der Waals surface area (Å²) in [5.74, 6) is -1.02. The van der Waals surface area contributed by atoms with Gasteiger partial charge in [-0.25, -0.2) is 14.4 Å². The van der Waals surface area contributed by atoms with E-state index >= 15 is 0 Å². The Hall–Kier alpha value is -2.09. The Morgan fingerprint density at radius 3 is 2.70 bits per heavy atom. The first kappa shape index (κ1) is 17.3. The van der Waals surface area contributed by atoms with Crippen LogP contribution in [0.3, 0.4) is 0 Å². The molecule has 0 radical (unpaired) electrons. The van der Waals surface area contributed by atoms with Gasteiger partial charge in [0.2, 0.25) is 0 Å². The largest absolute Gasteiger partial charge is 0.463 e. The number of nitrogens with one attached hydrogen (secondary N) is 2. The lowest BCUT2D eigenvalue weighted by Crippen LogP contribution is -2.51. The van der Waals surface area contributed by atoms with E-state index in [1.807, 2.05) is 6.92 Å². The van der Waals surface area contributed by atoms with E-state index in [0.29, 0.717) is 19.4 Å². The lowest BCUT2D eigenvalue weighted by atomic mass is 10.0. The van der Waals surface area contributed by atoms with Crippen LogP contribution in [0.4, 0.5) is 4.79 Å². The van der Waals surface area contributed by atoms with Crippen LogP contribution in [0, 0.1) is 0 Å². The Labute approximate surface area is 134 Å². The van der Waals surface area contributed by atoms with Crippen LogP contribution in [0.5, 0.6) is 0 Å². The van der Waals surface area contributed by atoms with Gasteiger partial charge in [0.05, 0.1) is 23.9 Å². The van der Waals surface area contributed by atoms with Gasteiger partial charge < -0.3 is 24.8 Å². The minimum atomic E-state index is -0.568. The van der Waals surface area contributed by atoms with Crippen LogP contribution in [0.2, 0.25) is 0 Å². The molecule has 2 amide bonds. The maximum atomic E-state index is 12.1. The molecule has 23 heavy (non-hydrogen) atoms. The van der Waals surface area contributed by atoms with E-state index in [2.05, 4.69) is 10.6 Å². The van der Waals surface area contributed by atoms with Crippen molar-refractivity contribution >= 4 is 18.0 Å². The smallest absolute Gasteiger partial charge is 0.338 e. The van der Waals surface area contributed by atoms with Crippen molar-refractivity contribution in [2.75, 3.05) is 19.8 Å². The van der Waals surface area contributed by atoms with E-state index < -0.39 is 30.1 Å². The van der Waals surface area contributed by atoms with E-state index in [1.165, 1.54) is 0 Å². The molecule has 2 rings (SSSR count). The molecular weight excluding hydrogens is 304 g/mol. The second-order valence-corrected chi connectivity index (χ2v) is 5.28. The van der Waals surface area contributed by atoms with E-state index in [1.54, 1.807) is 6.92 Å². The first-order valence-electron chi connectivity index (χ1n) is 7.82. The number of hydrogen-bond acceptors (Lipinski definition) is 6. The molecule has 1 saturated heterocycles. The van der Waals surface area contributed by atoms with Crippen LogP contribution in [0.1, 0.15) is 33.1 Å². The molecule has 128 valence electrons. The average Bonchev–Trinajstić information content (AvgIpc) is 3.06. The average molecular weight is 326 g/mol. The SMILES string of the molecule is CCOC(=O)C1=C(COC(=O)[C@H]2CCCO2)NC(=O)N[C@H]1CC. The highest BCUT2D eigenvalue weighted by molar-refractivity contribution is 5.94. The zero-order valence-corrected chi connectivity index (χ0v) is 13.3. The van der Waals surface area contributed by atoms with Crippen LogP contribution in [-0.4, -0.2) is 49.9 Å². The van der Waals surface area contributed by atoms with Crippen molar-refractivity contribution in [3.8, 4) is 0 Å². The van der Waals surface area contributed by atoms with Crippen molar-refractivity contribution in [1.82, 2.24) is 10.6 Å². The van der Waals surface area contributed by atoms with Gasteiger partial charge in [0, 0.05) is 6.61 Å². The number of esters is 2. The number of ether oxygens (including phenoxy) is 3. The Balaban J connectivity index is 2.12. The highest BCUT2D eigenvalue weighted by atomic mass is 16.6. The predicted molar refractivity (Wildman–Crippen MR) is 79.3 cm³/mol. The summed E-state index contributed by atoms with van der Waals surface area (Å²) in [6.07, 6.45) is 1.38. The third kappa shape index (κ3) is 4.22. The van der Waals surface area contributed by atoms with Gasteiger partial charge in [-0.05, 0) is 26.2 Å². The monoisotopic (exact) mass is 326 g/mol. The Kier molecular flexibility index (Phi) is 5.97. The van der Waals surface area contributed by atoms with Crippen LogP contribution in [0.15, 0.2) is 11.3 Å². The van der Waals surface area contributed by atoms with Crippen molar-refractivity contribution in [3.63, 3.8) is 0 Å². The van der Waals surface area contributed by atoms with E-state index in [9.17, 15) is 14.4 Å². The van der Waals surface area contributed by atoms with E-state index in [-0.39, 0.29) is 24.5 Å². The molecule has 2 aliphatic rings. The first-order valence-corrected chi connectivity index (χ1v) is 7.82. The van der Waals surface area contributed by atoms with Gasteiger partial charge in [-0.2, -0.15) is 0 Å². The molecule has 0 spiro atoms. The number of amides is 2. The van der Waals surface area contributed by atoms with Crippen molar-refractivity contribution in [2.45, 2.75) is 45.3 Å². The molecule has 2 N–H and O–H groups in total. The van der Waals surface area contributed by atoms with Gasteiger partial charge in [-0.1, -0.05) is 6.92 Å². The Morgan fingerprint density at radius 1 is 1.30 bits per heavy atom. The number of urea groups is 1. The van der Waals surface area contributed by atoms with E-state index in [0.717, 1.165) is 6.42 Å². The van der Waals surface area contributed by atoms with Gasteiger partial charge in [-0.3, -0.25) is 0 Å². The lowest BCUT2D eigenvalue weighted by molar-refractivity contribution is -0.153. The first-order chi connectivity index (χ1) is 11.1. The second kappa shape index (κ2) is 7.96. The summed E-state index contributed by atoms with van der Waals surface area (Å²) in [5.41, 5.74) is 0.541. The summed E-state index contributed by atoms with van der Waals surface area (Å²) in [6, 6.07) is -0.910. The minimum Gasteiger partial charge on any atom is -0.463 e. The summed E-state index contributed by atoms with van der Waals surface area (Å²) in [4.78, 5) is 35.8. The standard InChI is InChI=1S/C15H22N2O6/c1-3-9-12(14(19)21-4-2)10(17-15(20)16-9)8-23-13(18)11-6-5-7-22-11/h9,11H,3-8H2,1-2H3,(H2,16,17,20)/t9-,11+/m0/s1. The van der Waals surface area contributed by atoms with Crippen molar-refractivity contribution in [2.24, 2.45) is 0 Å². The molecule has 0 aliphatic carbocycles. The van der Waals surface area contributed by atoms with Gasteiger partial charge in [-0.15, -0.1) is 0 Å². The van der Waals surface area contributed by atoms with Gasteiger partial charge >= 0.3 is 18.0 Å². The number of carbonyl (C=O) groups is 3. The quantitative estimate of drug-likeness (QED) is 0.694. The molecule has 0 bridgehead atoms. The molecular formula is C15H22N2O6. The number of carbonyl (C=O) groups excluding carboxylic acids is 3.